The van der Waals surface area contributed by atoms with E-state index in [0.29, 0.717) is 12.8 Å². The Kier molecular flexibility index (Phi) is 31.2. The maximum absolute atomic E-state index is 12.4. The maximum Gasteiger partial charge on any atom is 0.306 e. The lowest BCUT2D eigenvalue weighted by Crippen LogP contribution is -2.19. The number of hydrogen-bond acceptors (Lipinski definition) is 3. The summed E-state index contributed by atoms with van der Waals surface area (Å²) in [5.41, 5.74) is 0. The Bertz CT molecular complexity index is 664. The van der Waals surface area contributed by atoms with Gasteiger partial charge in [0.15, 0.2) is 0 Å². The Labute approximate surface area is 254 Å². The van der Waals surface area contributed by atoms with E-state index in [0.717, 1.165) is 57.8 Å². The van der Waals surface area contributed by atoms with Gasteiger partial charge in [-0.05, 0) is 57.8 Å². The summed E-state index contributed by atoms with van der Waals surface area (Å²) in [6, 6.07) is 0. The molecule has 0 amide bonds. The van der Waals surface area contributed by atoms with E-state index in [4.69, 9.17) is 9.84 Å². The Morgan fingerprint density at radius 2 is 1.05 bits per heavy atom. The fraction of sp³-hybridized carbons (Fsp3) is 0.784. The monoisotopic (exact) mass is 574 g/mol. The van der Waals surface area contributed by atoms with Crippen LogP contribution in [-0.4, -0.2) is 23.1 Å². The number of carboxylic acids is 1. The van der Waals surface area contributed by atoms with Crippen LogP contribution in [-0.2, 0) is 14.3 Å². The van der Waals surface area contributed by atoms with Gasteiger partial charge < -0.3 is 9.84 Å². The first-order valence-electron chi connectivity index (χ1n) is 17.5. The molecule has 0 fully saturated rings. The zero-order chi connectivity index (χ0) is 30.1. The highest BCUT2D eigenvalue weighted by Gasteiger charge is 2.15. The van der Waals surface area contributed by atoms with Crippen molar-refractivity contribution in [2.24, 2.45) is 0 Å². The average molecular weight is 575 g/mol. The first-order chi connectivity index (χ1) is 20.1. The SMILES string of the molecule is CC/C=C\C/C=C\C/C=C\CCCCCCCCCC(=O)OC(CCCCCCCCCCCCC)CCC(=O)O. The second-order valence-corrected chi connectivity index (χ2v) is 11.7. The van der Waals surface area contributed by atoms with Crippen molar-refractivity contribution >= 4 is 11.9 Å². The molecule has 1 unspecified atom stereocenters. The third-order valence-corrected chi connectivity index (χ3v) is 7.64. The number of hydrogen-bond donors (Lipinski definition) is 1. The second-order valence-electron chi connectivity index (χ2n) is 11.7. The summed E-state index contributed by atoms with van der Waals surface area (Å²) in [7, 11) is 0. The molecule has 4 heteroatoms. The third-order valence-electron chi connectivity index (χ3n) is 7.64. The van der Waals surface area contributed by atoms with E-state index in [9.17, 15) is 9.59 Å². The van der Waals surface area contributed by atoms with Crippen molar-refractivity contribution in [2.45, 2.75) is 187 Å². The number of carbonyl (C=O) groups excluding carboxylic acids is 1. The van der Waals surface area contributed by atoms with Crippen LogP contribution in [0.3, 0.4) is 0 Å². The molecule has 0 aromatic rings. The predicted molar refractivity (Wildman–Crippen MR) is 176 cm³/mol. The molecule has 0 rings (SSSR count). The Balaban J connectivity index is 3.77. The van der Waals surface area contributed by atoms with Gasteiger partial charge in [-0.3, -0.25) is 9.59 Å². The fourth-order valence-electron chi connectivity index (χ4n) is 5.07. The standard InChI is InChI=1S/C37H66O4/c1-3-5-7-9-11-13-15-16-17-18-19-20-22-24-26-28-30-32-37(40)41-35(33-34-36(38)39)31-29-27-25-23-21-14-12-10-8-6-4-2/h5,7,11,13,16-17,35H,3-4,6,8-10,12,14-15,18-34H2,1-2H3,(H,38,39)/b7-5-,13-11-,17-16-. The van der Waals surface area contributed by atoms with Crippen molar-refractivity contribution in [1.29, 1.82) is 0 Å². The van der Waals surface area contributed by atoms with Crippen LogP contribution in [0.1, 0.15) is 181 Å². The van der Waals surface area contributed by atoms with Crippen LogP contribution in [0, 0.1) is 0 Å². The van der Waals surface area contributed by atoms with E-state index >= 15 is 0 Å². The molecular weight excluding hydrogens is 508 g/mol. The minimum atomic E-state index is -0.816. The van der Waals surface area contributed by atoms with Crippen LogP contribution in [0.5, 0.6) is 0 Å². The third kappa shape index (κ3) is 32.5. The first kappa shape index (κ1) is 39.2. The molecule has 0 bridgehead atoms. The molecule has 1 atom stereocenters. The van der Waals surface area contributed by atoms with Gasteiger partial charge in [0, 0.05) is 12.8 Å². The molecule has 0 saturated heterocycles. The van der Waals surface area contributed by atoms with Gasteiger partial charge in [-0.2, -0.15) is 0 Å². The van der Waals surface area contributed by atoms with Crippen molar-refractivity contribution in [3.05, 3.63) is 36.5 Å². The summed E-state index contributed by atoms with van der Waals surface area (Å²) in [4.78, 5) is 23.4. The van der Waals surface area contributed by atoms with E-state index in [2.05, 4.69) is 50.3 Å². The molecule has 0 heterocycles. The number of ether oxygens (including phenoxy) is 1. The first-order valence-corrected chi connectivity index (χ1v) is 17.5. The number of carboxylic acid groups (broad SMARTS) is 1. The summed E-state index contributed by atoms with van der Waals surface area (Å²) in [5.74, 6) is -0.966. The van der Waals surface area contributed by atoms with E-state index in [1.54, 1.807) is 0 Å². The molecule has 1 N–H and O–H groups in total. The van der Waals surface area contributed by atoms with Crippen molar-refractivity contribution in [3.8, 4) is 0 Å². The van der Waals surface area contributed by atoms with Crippen molar-refractivity contribution < 1.29 is 19.4 Å². The molecule has 0 aliphatic carbocycles. The number of carbonyl (C=O) groups is 2. The van der Waals surface area contributed by atoms with Gasteiger partial charge >= 0.3 is 11.9 Å². The Hall–Kier alpha value is -1.84. The van der Waals surface area contributed by atoms with Crippen LogP contribution in [0.25, 0.3) is 0 Å². The number of esters is 1. The number of unbranched alkanes of at least 4 members (excludes halogenated alkanes) is 17. The lowest BCUT2D eigenvalue weighted by atomic mass is 10.0. The molecule has 0 saturated carbocycles. The summed E-state index contributed by atoms with van der Waals surface area (Å²) in [6.07, 6.45) is 41.5. The normalized spacial score (nSPS) is 12.6. The van der Waals surface area contributed by atoms with E-state index < -0.39 is 5.97 Å². The van der Waals surface area contributed by atoms with E-state index in [1.807, 2.05) is 0 Å². The number of rotatable bonds is 31. The Morgan fingerprint density at radius 3 is 1.61 bits per heavy atom. The lowest BCUT2D eigenvalue weighted by molar-refractivity contribution is -0.151. The van der Waals surface area contributed by atoms with Crippen LogP contribution in [0.4, 0.5) is 0 Å². The number of aliphatic carboxylic acids is 1. The van der Waals surface area contributed by atoms with E-state index in [1.165, 1.54) is 89.9 Å². The van der Waals surface area contributed by atoms with E-state index in [-0.39, 0.29) is 18.5 Å². The maximum atomic E-state index is 12.4. The average Bonchev–Trinajstić information content (AvgIpc) is 2.96. The molecule has 0 aromatic heterocycles. The quantitative estimate of drug-likeness (QED) is 0.0508. The smallest absolute Gasteiger partial charge is 0.306 e. The molecule has 238 valence electrons. The molecule has 0 spiro atoms. The number of allylic oxidation sites excluding steroid dienone is 6. The van der Waals surface area contributed by atoms with Crippen LogP contribution < -0.4 is 0 Å². The minimum Gasteiger partial charge on any atom is -0.481 e. The van der Waals surface area contributed by atoms with Gasteiger partial charge in [0.2, 0.25) is 0 Å². The van der Waals surface area contributed by atoms with Crippen LogP contribution in [0.2, 0.25) is 0 Å². The van der Waals surface area contributed by atoms with Gasteiger partial charge in [0.05, 0.1) is 0 Å². The molecule has 0 radical (unpaired) electrons. The van der Waals surface area contributed by atoms with Gasteiger partial charge in [-0.15, -0.1) is 0 Å². The molecule has 0 aliphatic heterocycles. The van der Waals surface area contributed by atoms with Crippen molar-refractivity contribution in [1.82, 2.24) is 0 Å². The summed E-state index contributed by atoms with van der Waals surface area (Å²) >= 11 is 0. The van der Waals surface area contributed by atoms with Gasteiger partial charge in [-0.25, -0.2) is 0 Å². The summed E-state index contributed by atoms with van der Waals surface area (Å²) in [5, 5.41) is 9.07. The van der Waals surface area contributed by atoms with Crippen molar-refractivity contribution in [2.75, 3.05) is 0 Å². The summed E-state index contributed by atoms with van der Waals surface area (Å²) < 4.78 is 5.71. The molecule has 0 aromatic carbocycles. The highest BCUT2D eigenvalue weighted by atomic mass is 16.5. The predicted octanol–water partition coefficient (Wildman–Crippen LogP) is 11.8. The molecule has 41 heavy (non-hydrogen) atoms. The lowest BCUT2D eigenvalue weighted by Gasteiger charge is -2.17. The highest BCUT2D eigenvalue weighted by Crippen LogP contribution is 2.17. The highest BCUT2D eigenvalue weighted by molar-refractivity contribution is 5.69. The largest absolute Gasteiger partial charge is 0.481 e. The van der Waals surface area contributed by atoms with Gasteiger partial charge in [0.25, 0.3) is 0 Å². The fourth-order valence-corrected chi connectivity index (χ4v) is 5.07. The van der Waals surface area contributed by atoms with Gasteiger partial charge in [-0.1, -0.05) is 147 Å². The zero-order valence-electron chi connectivity index (χ0n) is 27.1. The Morgan fingerprint density at radius 1 is 0.561 bits per heavy atom. The zero-order valence-corrected chi connectivity index (χ0v) is 27.1. The minimum absolute atomic E-state index is 0.0692. The van der Waals surface area contributed by atoms with Crippen LogP contribution in [0.15, 0.2) is 36.5 Å². The topological polar surface area (TPSA) is 63.6 Å². The molecule has 4 nitrogen and oxygen atoms in total. The second kappa shape index (κ2) is 32.7. The summed E-state index contributed by atoms with van der Waals surface area (Å²) in [6.45, 7) is 4.42. The van der Waals surface area contributed by atoms with Crippen LogP contribution >= 0.6 is 0 Å². The molecule has 0 aliphatic rings. The molecular formula is C37H66O4. The van der Waals surface area contributed by atoms with Gasteiger partial charge in [0.1, 0.15) is 6.10 Å². The van der Waals surface area contributed by atoms with Crippen molar-refractivity contribution in [3.63, 3.8) is 0 Å².